The molecule has 0 spiro atoms. The topological polar surface area (TPSA) is 43.3 Å². The molecule has 1 aliphatic carbocycles. The summed E-state index contributed by atoms with van der Waals surface area (Å²) in [7, 11) is 0. The number of halogens is 2. The SMILES string of the molecule is O=C(NC1CCOCC1)c1cc(Br)n(CC2CCCCC2)c1CF. The Labute approximate surface area is 151 Å². The van der Waals surface area contributed by atoms with Crippen LogP contribution in [0.4, 0.5) is 4.39 Å². The molecule has 3 rings (SSSR count). The summed E-state index contributed by atoms with van der Waals surface area (Å²) >= 11 is 3.53. The summed E-state index contributed by atoms with van der Waals surface area (Å²) in [6.07, 6.45) is 7.84. The van der Waals surface area contributed by atoms with Crippen LogP contribution in [0.5, 0.6) is 0 Å². The largest absolute Gasteiger partial charge is 0.381 e. The van der Waals surface area contributed by atoms with Crippen LogP contribution in [0.3, 0.4) is 0 Å². The predicted octanol–water partition coefficient (Wildman–Crippen LogP) is 4.21. The maximum atomic E-state index is 13.7. The fourth-order valence-corrected chi connectivity index (χ4v) is 4.41. The summed E-state index contributed by atoms with van der Waals surface area (Å²) in [6.45, 7) is 1.53. The minimum Gasteiger partial charge on any atom is -0.381 e. The molecule has 0 atom stereocenters. The second-order valence-electron chi connectivity index (χ2n) is 6.94. The maximum absolute atomic E-state index is 13.7. The highest BCUT2D eigenvalue weighted by Crippen LogP contribution is 2.29. The van der Waals surface area contributed by atoms with Crippen molar-refractivity contribution in [2.75, 3.05) is 13.2 Å². The number of hydrogen-bond acceptors (Lipinski definition) is 2. The van der Waals surface area contributed by atoms with Crippen LogP contribution in [-0.4, -0.2) is 29.7 Å². The van der Waals surface area contributed by atoms with E-state index in [1.165, 1.54) is 32.1 Å². The van der Waals surface area contributed by atoms with Crippen molar-refractivity contribution in [3.63, 3.8) is 0 Å². The molecule has 1 aromatic heterocycles. The van der Waals surface area contributed by atoms with Gasteiger partial charge >= 0.3 is 0 Å². The van der Waals surface area contributed by atoms with E-state index in [0.717, 1.165) is 24.0 Å². The lowest BCUT2D eigenvalue weighted by Gasteiger charge is -2.24. The molecule has 1 saturated carbocycles. The van der Waals surface area contributed by atoms with Crippen molar-refractivity contribution in [3.8, 4) is 0 Å². The lowest BCUT2D eigenvalue weighted by Crippen LogP contribution is -2.39. The first-order valence-electron chi connectivity index (χ1n) is 9.01. The molecule has 4 nitrogen and oxygen atoms in total. The molecule has 0 aromatic carbocycles. The van der Waals surface area contributed by atoms with Crippen LogP contribution in [0.25, 0.3) is 0 Å². The second kappa shape index (κ2) is 8.48. The van der Waals surface area contributed by atoms with Gasteiger partial charge in [-0.1, -0.05) is 19.3 Å². The van der Waals surface area contributed by atoms with Crippen LogP contribution >= 0.6 is 15.9 Å². The fourth-order valence-electron chi connectivity index (χ4n) is 3.83. The predicted molar refractivity (Wildman–Crippen MR) is 94.8 cm³/mol. The Morgan fingerprint density at radius 2 is 1.96 bits per heavy atom. The van der Waals surface area contributed by atoms with E-state index in [2.05, 4.69) is 21.2 Å². The first-order chi connectivity index (χ1) is 11.7. The molecule has 2 fully saturated rings. The van der Waals surface area contributed by atoms with Crippen LogP contribution in [0, 0.1) is 5.92 Å². The number of ether oxygens (including phenoxy) is 1. The molecule has 2 aliphatic rings. The van der Waals surface area contributed by atoms with E-state index in [4.69, 9.17) is 4.74 Å². The van der Waals surface area contributed by atoms with Crippen molar-refractivity contribution in [1.29, 1.82) is 0 Å². The highest BCUT2D eigenvalue weighted by molar-refractivity contribution is 9.10. The molecule has 24 heavy (non-hydrogen) atoms. The third kappa shape index (κ3) is 4.20. The third-order valence-electron chi connectivity index (χ3n) is 5.25. The average Bonchev–Trinajstić information content (AvgIpc) is 2.93. The molecular weight excluding hydrogens is 375 g/mol. The minimum absolute atomic E-state index is 0.124. The lowest BCUT2D eigenvalue weighted by atomic mass is 9.89. The van der Waals surface area contributed by atoms with E-state index in [-0.39, 0.29) is 11.9 Å². The van der Waals surface area contributed by atoms with Crippen LogP contribution in [-0.2, 0) is 18.0 Å². The Hall–Kier alpha value is -0.880. The van der Waals surface area contributed by atoms with Crippen molar-refractivity contribution in [2.24, 2.45) is 5.92 Å². The number of hydrogen-bond donors (Lipinski definition) is 1. The standard InChI is InChI=1S/C18H26BrFN2O2/c19-17-10-15(18(23)21-14-6-8-24-9-7-14)16(11-20)22(17)12-13-4-2-1-3-5-13/h10,13-14H,1-9,11-12H2,(H,21,23). The summed E-state index contributed by atoms with van der Waals surface area (Å²) in [5.41, 5.74) is 0.962. The molecule has 1 saturated heterocycles. The molecule has 1 amide bonds. The van der Waals surface area contributed by atoms with E-state index in [0.29, 0.717) is 30.4 Å². The fraction of sp³-hybridized carbons (Fsp3) is 0.722. The first kappa shape index (κ1) is 17.9. The van der Waals surface area contributed by atoms with Gasteiger partial charge in [-0.25, -0.2) is 4.39 Å². The van der Waals surface area contributed by atoms with Gasteiger partial charge in [-0.15, -0.1) is 0 Å². The Morgan fingerprint density at radius 3 is 2.62 bits per heavy atom. The first-order valence-corrected chi connectivity index (χ1v) is 9.80. The summed E-state index contributed by atoms with van der Waals surface area (Å²) in [5.74, 6) is 0.414. The van der Waals surface area contributed by atoms with Crippen molar-refractivity contribution in [1.82, 2.24) is 9.88 Å². The highest BCUT2D eigenvalue weighted by atomic mass is 79.9. The second-order valence-corrected chi connectivity index (χ2v) is 7.75. The van der Waals surface area contributed by atoms with Gasteiger partial charge in [-0.05, 0) is 53.6 Å². The van der Waals surface area contributed by atoms with Crippen molar-refractivity contribution < 1.29 is 13.9 Å². The van der Waals surface area contributed by atoms with Gasteiger partial charge in [-0.3, -0.25) is 4.79 Å². The molecule has 2 heterocycles. The Morgan fingerprint density at radius 1 is 1.25 bits per heavy atom. The highest BCUT2D eigenvalue weighted by Gasteiger charge is 2.24. The smallest absolute Gasteiger partial charge is 0.253 e. The average molecular weight is 401 g/mol. The number of alkyl halides is 1. The number of carbonyl (C=O) groups is 1. The van der Waals surface area contributed by atoms with Crippen molar-refractivity contribution in [3.05, 3.63) is 21.9 Å². The van der Waals surface area contributed by atoms with Gasteiger partial charge in [0.1, 0.15) is 6.67 Å². The van der Waals surface area contributed by atoms with Gasteiger partial charge in [0.25, 0.3) is 5.91 Å². The molecular formula is C18H26BrFN2O2. The Kier molecular flexibility index (Phi) is 6.33. The molecule has 0 unspecified atom stereocenters. The normalized spacial score (nSPS) is 20.2. The van der Waals surface area contributed by atoms with Crippen molar-refractivity contribution >= 4 is 21.8 Å². The summed E-state index contributed by atoms with van der Waals surface area (Å²) < 4.78 is 21.8. The minimum atomic E-state index is -0.616. The number of nitrogens with one attached hydrogen (secondary N) is 1. The number of amides is 1. The maximum Gasteiger partial charge on any atom is 0.253 e. The number of rotatable bonds is 5. The molecule has 134 valence electrons. The molecule has 1 aromatic rings. The van der Waals surface area contributed by atoms with Gasteiger partial charge in [0.05, 0.1) is 15.9 Å². The van der Waals surface area contributed by atoms with Gasteiger partial charge in [-0.2, -0.15) is 0 Å². The molecule has 6 heteroatoms. The third-order valence-corrected chi connectivity index (χ3v) is 5.91. The van der Waals surface area contributed by atoms with Crippen LogP contribution in [0.15, 0.2) is 10.7 Å². The van der Waals surface area contributed by atoms with Crippen LogP contribution in [0.1, 0.15) is 61.0 Å². The Balaban J connectivity index is 1.72. The van der Waals surface area contributed by atoms with Crippen LogP contribution < -0.4 is 5.32 Å². The van der Waals surface area contributed by atoms with Gasteiger partial charge in [0, 0.05) is 25.8 Å². The zero-order valence-electron chi connectivity index (χ0n) is 14.0. The van der Waals surface area contributed by atoms with Gasteiger partial charge < -0.3 is 14.6 Å². The lowest BCUT2D eigenvalue weighted by molar-refractivity contribution is 0.0695. The quantitative estimate of drug-likeness (QED) is 0.804. The van der Waals surface area contributed by atoms with E-state index >= 15 is 0 Å². The van der Waals surface area contributed by atoms with Crippen molar-refractivity contribution in [2.45, 2.75) is 64.2 Å². The monoisotopic (exact) mass is 400 g/mol. The molecule has 0 bridgehead atoms. The van der Waals surface area contributed by atoms with E-state index in [1.54, 1.807) is 6.07 Å². The summed E-state index contributed by atoms with van der Waals surface area (Å²) in [4.78, 5) is 12.6. The Bertz CT molecular complexity index is 564. The van der Waals surface area contributed by atoms with Gasteiger partial charge in [0.2, 0.25) is 0 Å². The molecule has 1 N–H and O–H groups in total. The van der Waals surface area contributed by atoms with Crippen LogP contribution in [0.2, 0.25) is 0 Å². The van der Waals surface area contributed by atoms with E-state index in [9.17, 15) is 9.18 Å². The molecule has 0 radical (unpaired) electrons. The summed E-state index contributed by atoms with van der Waals surface area (Å²) in [6, 6.07) is 1.89. The number of carbonyl (C=O) groups excluding carboxylic acids is 1. The number of nitrogens with zero attached hydrogens (tertiary/aromatic N) is 1. The van der Waals surface area contributed by atoms with Gasteiger partial charge in [0.15, 0.2) is 0 Å². The van der Waals surface area contributed by atoms with E-state index in [1.807, 2.05) is 4.57 Å². The molecule has 1 aliphatic heterocycles. The van der Waals surface area contributed by atoms with E-state index < -0.39 is 6.67 Å². The zero-order chi connectivity index (χ0) is 16.9. The number of aromatic nitrogens is 1. The summed E-state index contributed by atoms with van der Waals surface area (Å²) in [5, 5.41) is 3.03. The zero-order valence-corrected chi connectivity index (χ0v) is 15.6.